The monoisotopic (exact) mass is 302 g/mol. The molecule has 0 aliphatic carbocycles. The Kier molecular flexibility index (Phi) is 3.45. The van der Waals surface area contributed by atoms with Crippen LogP contribution in [0, 0.1) is 5.41 Å². The number of halogens is 2. The van der Waals surface area contributed by atoms with E-state index in [1.807, 2.05) is 6.20 Å². The third-order valence-electron chi connectivity index (χ3n) is 3.03. The molecule has 0 aromatic carbocycles. The van der Waals surface area contributed by atoms with Gasteiger partial charge in [0.25, 0.3) is 0 Å². The Morgan fingerprint density at radius 2 is 2.31 bits per heavy atom. The highest BCUT2D eigenvalue weighted by molar-refractivity contribution is 9.10. The predicted molar refractivity (Wildman–Crippen MR) is 72.1 cm³/mol. The number of aromatic nitrogens is 1. The molecule has 1 aromatic heterocycles. The number of hydrogen-bond donors (Lipinski definition) is 0. The van der Waals surface area contributed by atoms with E-state index in [9.17, 15) is 0 Å². The van der Waals surface area contributed by atoms with Crippen LogP contribution in [0.2, 0.25) is 0 Å². The van der Waals surface area contributed by atoms with Crippen molar-refractivity contribution in [2.75, 3.05) is 18.0 Å². The summed E-state index contributed by atoms with van der Waals surface area (Å²) >= 11 is 9.39. The molecule has 0 spiro atoms. The van der Waals surface area contributed by atoms with Gasteiger partial charge in [-0.1, -0.05) is 13.8 Å². The molecule has 2 rings (SSSR count). The van der Waals surface area contributed by atoms with Crippen molar-refractivity contribution in [3.8, 4) is 0 Å². The SMILES string of the molecule is CC1(C)CCN(c2ncc(Br)cc2CCl)C1. The molecule has 0 bridgehead atoms. The highest BCUT2D eigenvalue weighted by atomic mass is 79.9. The van der Waals surface area contributed by atoms with Crippen molar-refractivity contribution in [3.63, 3.8) is 0 Å². The molecule has 0 N–H and O–H groups in total. The predicted octanol–water partition coefficient (Wildman–Crippen LogP) is 3.82. The van der Waals surface area contributed by atoms with Gasteiger partial charge < -0.3 is 4.90 Å². The molecule has 0 unspecified atom stereocenters. The quantitative estimate of drug-likeness (QED) is 0.772. The van der Waals surface area contributed by atoms with Crippen LogP contribution < -0.4 is 4.90 Å². The third kappa shape index (κ3) is 2.51. The zero-order chi connectivity index (χ0) is 11.8. The second kappa shape index (κ2) is 4.53. The van der Waals surface area contributed by atoms with E-state index in [-0.39, 0.29) is 0 Å². The Balaban J connectivity index is 2.27. The van der Waals surface area contributed by atoms with Gasteiger partial charge in [-0.25, -0.2) is 4.98 Å². The summed E-state index contributed by atoms with van der Waals surface area (Å²) in [7, 11) is 0. The van der Waals surface area contributed by atoms with Crippen LogP contribution in [0.3, 0.4) is 0 Å². The molecule has 1 aliphatic rings. The molecule has 16 heavy (non-hydrogen) atoms. The number of anilines is 1. The first-order chi connectivity index (χ1) is 7.52. The molecule has 4 heteroatoms. The van der Waals surface area contributed by atoms with Crippen molar-refractivity contribution in [2.24, 2.45) is 5.41 Å². The fourth-order valence-corrected chi connectivity index (χ4v) is 2.73. The second-order valence-electron chi connectivity index (χ2n) is 5.11. The van der Waals surface area contributed by atoms with Gasteiger partial charge in [0.05, 0.1) is 5.88 Å². The van der Waals surface area contributed by atoms with Crippen molar-refractivity contribution in [3.05, 3.63) is 22.3 Å². The van der Waals surface area contributed by atoms with Crippen LogP contribution in [0.5, 0.6) is 0 Å². The van der Waals surface area contributed by atoms with Crippen molar-refractivity contribution in [2.45, 2.75) is 26.1 Å². The Morgan fingerprint density at radius 3 is 2.88 bits per heavy atom. The summed E-state index contributed by atoms with van der Waals surface area (Å²) in [5.41, 5.74) is 1.49. The van der Waals surface area contributed by atoms with E-state index in [4.69, 9.17) is 11.6 Å². The first kappa shape index (κ1) is 12.2. The molecule has 2 nitrogen and oxygen atoms in total. The van der Waals surface area contributed by atoms with E-state index in [1.165, 1.54) is 6.42 Å². The van der Waals surface area contributed by atoms with E-state index < -0.39 is 0 Å². The van der Waals surface area contributed by atoms with Crippen molar-refractivity contribution in [1.82, 2.24) is 4.98 Å². The van der Waals surface area contributed by atoms with Gasteiger partial charge in [0.15, 0.2) is 0 Å². The van der Waals surface area contributed by atoms with E-state index in [0.717, 1.165) is 28.9 Å². The van der Waals surface area contributed by atoms with Crippen molar-refractivity contribution >= 4 is 33.3 Å². The van der Waals surface area contributed by atoms with Gasteiger partial charge in [0.1, 0.15) is 5.82 Å². The van der Waals surface area contributed by atoms with Gasteiger partial charge in [-0.2, -0.15) is 0 Å². The van der Waals surface area contributed by atoms with Gasteiger partial charge in [0, 0.05) is 29.3 Å². The van der Waals surface area contributed by atoms with Crippen LogP contribution >= 0.6 is 27.5 Å². The lowest BCUT2D eigenvalue weighted by Gasteiger charge is -2.22. The normalized spacial score (nSPS) is 19.1. The fraction of sp³-hybridized carbons (Fsp3) is 0.583. The summed E-state index contributed by atoms with van der Waals surface area (Å²) in [6.45, 7) is 6.73. The second-order valence-corrected chi connectivity index (χ2v) is 6.29. The minimum absolute atomic E-state index is 0.387. The molecule has 0 amide bonds. The minimum atomic E-state index is 0.387. The van der Waals surface area contributed by atoms with E-state index in [1.54, 1.807) is 0 Å². The first-order valence-electron chi connectivity index (χ1n) is 5.47. The highest BCUT2D eigenvalue weighted by Gasteiger charge is 2.30. The number of rotatable bonds is 2. The van der Waals surface area contributed by atoms with Crippen LogP contribution in [0.4, 0.5) is 5.82 Å². The van der Waals surface area contributed by atoms with Gasteiger partial charge in [-0.05, 0) is 33.8 Å². The van der Waals surface area contributed by atoms with Gasteiger partial charge >= 0.3 is 0 Å². The summed E-state index contributed by atoms with van der Waals surface area (Å²) < 4.78 is 0.991. The van der Waals surface area contributed by atoms with Crippen LogP contribution in [0.1, 0.15) is 25.8 Å². The van der Waals surface area contributed by atoms with E-state index >= 15 is 0 Å². The average molecular weight is 304 g/mol. The van der Waals surface area contributed by atoms with E-state index in [2.05, 4.69) is 45.7 Å². The maximum Gasteiger partial charge on any atom is 0.133 e. The minimum Gasteiger partial charge on any atom is -0.356 e. The molecule has 2 heterocycles. The first-order valence-corrected chi connectivity index (χ1v) is 6.80. The smallest absolute Gasteiger partial charge is 0.133 e. The number of hydrogen-bond acceptors (Lipinski definition) is 2. The summed E-state index contributed by atoms with van der Waals surface area (Å²) in [5, 5.41) is 0. The fourth-order valence-electron chi connectivity index (χ4n) is 2.15. The molecule has 0 radical (unpaired) electrons. The van der Waals surface area contributed by atoms with Crippen molar-refractivity contribution < 1.29 is 0 Å². The highest BCUT2D eigenvalue weighted by Crippen LogP contribution is 2.34. The largest absolute Gasteiger partial charge is 0.356 e. The molecule has 0 atom stereocenters. The molecule has 0 saturated carbocycles. The summed E-state index contributed by atoms with van der Waals surface area (Å²) in [6, 6.07) is 2.06. The van der Waals surface area contributed by atoms with Crippen molar-refractivity contribution in [1.29, 1.82) is 0 Å². The Morgan fingerprint density at radius 1 is 1.56 bits per heavy atom. The Labute approximate surface area is 110 Å². The third-order valence-corrected chi connectivity index (χ3v) is 3.75. The van der Waals surface area contributed by atoms with Crippen LogP contribution in [-0.4, -0.2) is 18.1 Å². The number of nitrogens with zero attached hydrogens (tertiary/aromatic N) is 2. The Bertz CT molecular complexity index is 393. The molecular weight excluding hydrogens is 288 g/mol. The maximum absolute atomic E-state index is 5.97. The molecule has 1 aliphatic heterocycles. The maximum atomic E-state index is 5.97. The Hall–Kier alpha value is -0.280. The lowest BCUT2D eigenvalue weighted by Crippen LogP contribution is -2.24. The zero-order valence-electron chi connectivity index (χ0n) is 9.63. The van der Waals surface area contributed by atoms with E-state index in [0.29, 0.717) is 11.3 Å². The summed E-state index contributed by atoms with van der Waals surface area (Å²) in [4.78, 5) is 6.83. The molecular formula is C12H16BrClN2. The van der Waals surface area contributed by atoms with Gasteiger partial charge in [-0.15, -0.1) is 11.6 Å². The average Bonchev–Trinajstić information content (AvgIpc) is 2.58. The molecule has 1 aromatic rings. The number of pyridine rings is 1. The lowest BCUT2D eigenvalue weighted by molar-refractivity contribution is 0.418. The zero-order valence-corrected chi connectivity index (χ0v) is 12.0. The molecule has 88 valence electrons. The van der Waals surface area contributed by atoms with Crippen LogP contribution in [0.25, 0.3) is 0 Å². The summed E-state index contributed by atoms with van der Waals surface area (Å²) in [6.07, 6.45) is 3.06. The summed E-state index contributed by atoms with van der Waals surface area (Å²) in [5.74, 6) is 1.56. The standard InChI is InChI=1S/C12H16BrClN2/c1-12(2)3-4-16(8-12)11-9(6-14)5-10(13)7-15-11/h5,7H,3-4,6,8H2,1-2H3. The lowest BCUT2D eigenvalue weighted by atomic mass is 9.93. The number of alkyl halides is 1. The van der Waals surface area contributed by atoms with Gasteiger partial charge in [-0.3, -0.25) is 0 Å². The van der Waals surface area contributed by atoms with Crippen LogP contribution in [0.15, 0.2) is 16.7 Å². The van der Waals surface area contributed by atoms with Crippen LogP contribution in [-0.2, 0) is 5.88 Å². The molecule has 1 saturated heterocycles. The van der Waals surface area contributed by atoms with Gasteiger partial charge in [0.2, 0.25) is 0 Å². The molecule has 1 fully saturated rings. The topological polar surface area (TPSA) is 16.1 Å².